The molecule has 0 spiro atoms. The topological polar surface area (TPSA) is 28.7 Å². The van der Waals surface area contributed by atoms with Crippen LogP contribution in [0.4, 0.5) is 0 Å². The molecule has 0 fully saturated rings. The molecule has 1 aromatic heterocycles. The molecule has 2 heteroatoms. The van der Waals surface area contributed by atoms with Gasteiger partial charge in [0.25, 0.3) is 0 Å². The summed E-state index contributed by atoms with van der Waals surface area (Å²) in [7, 11) is 0. The highest BCUT2D eigenvalue weighted by Crippen LogP contribution is 2.23. The number of aryl methyl sites for hydroxylation is 1. The molecule has 90 valence electrons. The van der Waals surface area contributed by atoms with Crippen molar-refractivity contribution < 1.29 is 0 Å². The molecule has 1 aromatic carbocycles. The Bertz CT molecular complexity index is 406. The Kier molecular flexibility index (Phi) is 4.37. The van der Waals surface area contributed by atoms with Crippen molar-refractivity contribution in [3.05, 3.63) is 54.1 Å². The zero-order valence-electron chi connectivity index (χ0n) is 10.4. The van der Waals surface area contributed by atoms with Crippen LogP contribution < -0.4 is 0 Å². The molecular formula is C15H20N2. The molecule has 2 nitrogen and oxygen atoms in total. The summed E-state index contributed by atoms with van der Waals surface area (Å²) in [6, 6.07) is 10.7. The van der Waals surface area contributed by atoms with Gasteiger partial charge in [-0.15, -0.1) is 0 Å². The lowest BCUT2D eigenvalue weighted by Gasteiger charge is -2.12. The first-order valence-corrected chi connectivity index (χ1v) is 6.42. The van der Waals surface area contributed by atoms with Crippen molar-refractivity contribution in [2.75, 3.05) is 0 Å². The van der Waals surface area contributed by atoms with Crippen molar-refractivity contribution >= 4 is 0 Å². The van der Waals surface area contributed by atoms with Gasteiger partial charge in [0, 0.05) is 17.8 Å². The van der Waals surface area contributed by atoms with Crippen molar-refractivity contribution in [2.24, 2.45) is 0 Å². The normalized spacial score (nSPS) is 12.5. The second-order valence-electron chi connectivity index (χ2n) is 4.49. The zero-order chi connectivity index (χ0) is 11.9. The van der Waals surface area contributed by atoms with Gasteiger partial charge in [-0.3, -0.25) is 0 Å². The fourth-order valence-corrected chi connectivity index (χ4v) is 2.27. The molecule has 1 unspecified atom stereocenters. The van der Waals surface area contributed by atoms with Crippen LogP contribution in [0.2, 0.25) is 0 Å². The fraction of sp³-hybridized carbons (Fsp3) is 0.400. The molecule has 0 aliphatic heterocycles. The van der Waals surface area contributed by atoms with E-state index in [2.05, 4.69) is 47.2 Å². The van der Waals surface area contributed by atoms with Crippen LogP contribution in [0.15, 0.2) is 42.9 Å². The third-order valence-corrected chi connectivity index (χ3v) is 3.31. The van der Waals surface area contributed by atoms with E-state index in [1.165, 1.54) is 36.9 Å². The summed E-state index contributed by atoms with van der Waals surface area (Å²) in [5, 5.41) is 0. The standard InChI is InChI=1S/C15H20N2/c1-2-14(15-11-16-12-17-15)10-6-9-13-7-4-3-5-8-13/h3-5,7-8,11-12,14H,2,6,9-10H2,1H3,(H,16,17). The number of nitrogens with one attached hydrogen (secondary N) is 1. The monoisotopic (exact) mass is 228 g/mol. The van der Waals surface area contributed by atoms with Gasteiger partial charge < -0.3 is 4.98 Å². The van der Waals surface area contributed by atoms with Crippen molar-refractivity contribution in [2.45, 2.75) is 38.5 Å². The highest BCUT2D eigenvalue weighted by atomic mass is 14.9. The molecule has 0 aliphatic carbocycles. The second kappa shape index (κ2) is 6.24. The van der Waals surface area contributed by atoms with Crippen LogP contribution in [0.5, 0.6) is 0 Å². The maximum Gasteiger partial charge on any atom is 0.0921 e. The minimum Gasteiger partial charge on any atom is -0.348 e. The largest absolute Gasteiger partial charge is 0.348 e. The van der Waals surface area contributed by atoms with Gasteiger partial charge in [0.15, 0.2) is 0 Å². The van der Waals surface area contributed by atoms with Crippen molar-refractivity contribution in [3.8, 4) is 0 Å². The minimum atomic E-state index is 0.626. The predicted molar refractivity (Wildman–Crippen MR) is 71.0 cm³/mol. The van der Waals surface area contributed by atoms with E-state index in [1.54, 1.807) is 6.33 Å². The minimum absolute atomic E-state index is 0.626. The van der Waals surface area contributed by atoms with Crippen LogP contribution in [-0.2, 0) is 6.42 Å². The van der Waals surface area contributed by atoms with E-state index in [9.17, 15) is 0 Å². The van der Waals surface area contributed by atoms with Crippen LogP contribution in [0, 0.1) is 0 Å². The number of benzene rings is 1. The molecule has 1 N–H and O–H groups in total. The Morgan fingerprint density at radius 1 is 1.24 bits per heavy atom. The van der Waals surface area contributed by atoms with Gasteiger partial charge >= 0.3 is 0 Å². The van der Waals surface area contributed by atoms with Crippen LogP contribution in [0.3, 0.4) is 0 Å². The third-order valence-electron chi connectivity index (χ3n) is 3.31. The van der Waals surface area contributed by atoms with E-state index in [4.69, 9.17) is 0 Å². The van der Waals surface area contributed by atoms with Crippen molar-refractivity contribution in [1.29, 1.82) is 0 Å². The van der Waals surface area contributed by atoms with Crippen LogP contribution >= 0.6 is 0 Å². The van der Waals surface area contributed by atoms with Crippen LogP contribution in [-0.4, -0.2) is 9.97 Å². The summed E-state index contributed by atoms with van der Waals surface area (Å²) in [5.41, 5.74) is 2.72. The van der Waals surface area contributed by atoms with Gasteiger partial charge in [-0.1, -0.05) is 37.3 Å². The van der Waals surface area contributed by atoms with E-state index in [1.807, 2.05) is 6.20 Å². The summed E-state index contributed by atoms with van der Waals surface area (Å²) in [5.74, 6) is 0.626. The first-order valence-electron chi connectivity index (χ1n) is 6.42. The molecule has 17 heavy (non-hydrogen) atoms. The summed E-state index contributed by atoms with van der Waals surface area (Å²) in [4.78, 5) is 7.33. The Hall–Kier alpha value is -1.57. The van der Waals surface area contributed by atoms with E-state index < -0.39 is 0 Å². The van der Waals surface area contributed by atoms with Gasteiger partial charge in [-0.05, 0) is 31.2 Å². The average Bonchev–Trinajstić information content (AvgIpc) is 2.90. The summed E-state index contributed by atoms with van der Waals surface area (Å²) < 4.78 is 0. The van der Waals surface area contributed by atoms with Gasteiger partial charge in [0.05, 0.1) is 6.33 Å². The predicted octanol–water partition coefficient (Wildman–Crippen LogP) is 3.93. The first kappa shape index (κ1) is 11.9. The van der Waals surface area contributed by atoms with Gasteiger partial charge in [0.1, 0.15) is 0 Å². The van der Waals surface area contributed by atoms with Crippen LogP contribution in [0.25, 0.3) is 0 Å². The van der Waals surface area contributed by atoms with E-state index >= 15 is 0 Å². The van der Waals surface area contributed by atoms with E-state index in [0.717, 1.165) is 0 Å². The van der Waals surface area contributed by atoms with Crippen molar-refractivity contribution in [3.63, 3.8) is 0 Å². The number of nitrogens with zero attached hydrogens (tertiary/aromatic N) is 1. The second-order valence-corrected chi connectivity index (χ2v) is 4.49. The highest BCUT2D eigenvalue weighted by Gasteiger charge is 2.09. The van der Waals surface area contributed by atoms with E-state index in [0.29, 0.717) is 5.92 Å². The number of rotatable bonds is 6. The molecule has 0 amide bonds. The molecule has 0 aliphatic rings. The maximum absolute atomic E-state index is 4.10. The number of imidazole rings is 1. The maximum atomic E-state index is 4.10. The number of aromatic nitrogens is 2. The third kappa shape index (κ3) is 3.45. The number of hydrogen-bond donors (Lipinski definition) is 1. The molecule has 2 aromatic rings. The molecule has 0 bridgehead atoms. The summed E-state index contributed by atoms with van der Waals surface area (Å²) in [6.07, 6.45) is 8.55. The van der Waals surface area contributed by atoms with E-state index in [-0.39, 0.29) is 0 Å². The van der Waals surface area contributed by atoms with Gasteiger partial charge in [-0.2, -0.15) is 0 Å². The van der Waals surface area contributed by atoms with Crippen molar-refractivity contribution in [1.82, 2.24) is 9.97 Å². The quantitative estimate of drug-likeness (QED) is 0.797. The molecule has 0 saturated carbocycles. The summed E-state index contributed by atoms with van der Waals surface area (Å²) >= 11 is 0. The number of hydrogen-bond acceptors (Lipinski definition) is 1. The number of aromatic amines is 1. The lowest BCUT2D eigenvalue weighted by atomic mass is 9.95. The molecule has 0 radical (unpaired) electrons. The Balaban J connectivity index is 1.81. The smallest absolute Gasteiger partial charge is 0.0921 e. The average molecular weight is 228 g/mol. The molecule has 0 saturated heterocycles. The Morgan fingerprint density at radius 2 is 2.06 bits per heavy atom. The highest BCUT2D eigenvalue weighted by molar-refractivity contribution is 5.14. The van der Waals surface area contributed by atoms with Crippen LogP contribution in [0.1, 0.15) is 43.4 Å². The zero-order valence-corrected chi connectivity index (χ0v) is 10.4. The first-order chi connectivity index (χ1) is 8.40. The molecule has 1 atom stereocenters. The Morgan fingerprint density at radius 3 is 2.71 bits per heavy atom. The Labute approximate surface area is 103 Å². The molecule has 2 rings (SSSR count). The number of H-pyrrole nitrogens is 1. The lowest BCUT2D eigenvalue weighted by Crippen LogP contribution is -1.99. The van der Waals surface area contributed by atoms with Gasteiger partial charge in [0.2, 0.25) is 0 Å². The fourth-order valence-electron chi connectivity index (χ4n) is 2.27. The lowest BCUT2D eigenvalue weighted by molar-refractivity contribution is 0.565. The van der Waals surface area contributed by atoms with Gasteiger partial charge in [-0.25, -0.2) is 4.98 Å². The summed E-state index contributed by atoms with van der Waals surface area (Å²) in [6.45, 7) is 2.24. The molecular weight excluding hydrogens is 208 g/mol. The molecule has 1 heterocycles. The SMILES string of the molecule is CCC(CCCc1ccccc1)c1cnc[nH]1.